The highest BCUT2D eigenvalue weighted by Gasteiger charge is 2.35. The molecule has 2 aromatic carbocycles. The van der Waals surface area contributed by atoms with Gasteiger partial charge in [0.1, 0.15) is 11.5 Å². The number of carbonyl (C=O) groups excluding carboxylic acids is 1. The van der Waals surface area contributed by atoms with Gasteiger partial charge >= 0.3 is 5.97 Å². The predicted octanol–water partition coefficient (Wildman–Crippen LogP) is 3.85. The lowest BCUT2D eigenvalue weighted by Crippen LogP contribution is -2.40. The highest BCUT2D eigenvalue weighted by molar-refractivity contribution is 7.07. The van der Waals surface area contributed by atoms with Gasteiger partial charge in [-0.3, -0.25) is 9.36 Å². The van der Waals surface area contributed by atoms with Crippen molar-refractivity contribution in [3.05, 3.63) is 109 Å². The van der Waals surface area contributed by atoms with E-state index in [1.807, 2.05) is 49.4 Å². The third-order valence-corrected chi connectivity index (χ3v) is 7.11. The molecule has 2 aromatic heterocycles. The Bertz CT molecular complexity index is 1710. The van der Waals surface area contributed by atoms with Crippen LogP contribution in [0.1, 0.15) is 35.6 Å². The molecule has 0 bridgehead atoms. The number of rotatable bonds is 7. The molecule has 0 N–H and O–H groups in total. The number of nitrogens with zero attached hydrogens (tertiary/aromatic N) is 2. The molecule has 9 heteroatoms. The normalized spacial score (nSPS) is 15.2. The molecule has 0 fully saturated rings. The minimum Gasteiger partial charge on any atom is -0.493 e. The lowest BCUT2D eigenvalue weighted by molar-refractivity contribution is -0.138. The zero-order valence-corrected chi connectivity index (χ0v) is 22.2. The first-order valence-corrected chi connectivity index (χ1v) is 12.8. The fourth-order valence-corrected chi connectivity index (χ4v) is 5.42. The van der Waals surface area contributed by atoms with Crippen molar-refractivity contribution < 1.29 is 23.4 Å². The smallest absolute Gasteiger partial charge is 0.338 e. The number of ether oxygens (including phenoxy) is 3. The van der Waals surface area contributed by atoms with E-state index < -0.39 is 12.0 Å². The molecule has 38 heavy (non-hydrogen) atoms. The topological polar surface area (TPSA) is 92.3 Å². The summed E-state index contributed by atoms with van der Waals surface area (Å²) in [6, 6.07) is 17.6. The molecule has 1 atom stereocenters. The monoisotopic (exact) mass is 530 g/mol. The van der Waals surface area contributed by atoms with Crippen LogP contribution in [0.3, 0.4) is 0 Å². The minimum atomic E-state index is -0.819. The first-order chi connectivity index (χ1) is 18.4. The molecule has 8 nitrogen and oxygen atoms in total. The lowest BCUT2D eigenvalue weighted by atomic mass is 9.93. The average Bonchev–Trinajstić information content (AvgIpc) is 3.49. The summed E-state index contributed by atoms with van der Waals surface area (Å²) in [6.45, 7) is 3.76. The van der Waals surface area contributed by atoms with Gasteiger partial charge in [-0.1, -0.05) is 47.7 Å². The van der Waals surface area contributed by atoms with Crippen LogP contribution >= 0.6 is 11.3 Å². The van der Waals surface area contributed by atoms with E-state index in [0.29, 0.717) is 37.9 Å². The second kappa shape index (κ2) is 10.5. The molecule has 194 valence electrons. The molecule has 1 aliphatic heterocycles. The van der Waals surface area contributed by atoms with Crippen molar-refractivity contribution >= 4 is 29.1 Å². The Kier molecular flexibility index (Phi) is 7.02. The molecular weight excluding hydrogens is 504 g/mol. The molecule has 0 spiro atoms. The van der Waals surface area contributed by atoms with Crippen LogP contribution in [0.15, 0.2) is 80.4 Å². The van der Waals surface area contributed by atoms with Gasteiger partial charge in [-0.2, -0.15) is 0 Å². The Morgan fingerprint density at radius 2 is 1.84 bits per heavy atom. The van der Waals surface area contributed by atoms with Gasteiger partial charge in [0.15, 0.2) is 16.3 Å². The quantitative estimate of drug-likeness (QED) is 0.337. The van der Waals surface area contributed by atoms with Crippen molar-refractivity contribution in [1.29, 1.82) is 0 Å². The van der Waals surface area contributed by atoms with Crippen LogP contribution in [-0.2, 0) is 9.53 Å². The van der Waals surface area contributed by atoms with Gasteiger partial charge < -0.3 is 18.6 Å². The molecule has 0 aliphatic carbocycles. The fourth-order valence-electron chi connectivity index (χ4n) is 4.44. The van der Waals surface area contributed by atoms with Gasteiger partial charge in [-0.15, -0.1) is 0 Å². The third kappa shape index (κ3) is 4.56. The molecule has 1 aliphatic rings. The van der Waals surface area contributed by atoms with Crippen LogP contribution in [0.2, 0.25) is 0 Å². The molecule has 0 amide bonds. The molecular formula is C29H26N2O6S. The summed E-state index contributed by atoms with van der Waals surface area (Å²) < 4.78 is 24.1. The molecule has 0 unspecified atom stereocenters. The fraction of sp³-hybridized carbons (Fsp3) is 0.207. The number of thiazole rings is 1. The maximum absolute atomic E-state index is 13.9. The van der Waals surface area contributed by atoms with Gasteiger partial charge in [-0.05, 0) is 43.7 Å². The Balaban J connectivity index is 1.85. The summed E-state index contributed by atoms with van der Waals surface area (Å²) in [5.74, 6) is 1.75. The van der Waals surface area contributed by atoms with Gasteiger partial charge in [0.2, 0.25) is 0 Å². The SMILES string of the molecule is CCOC(=O)C1=C(c2ccccc2)N=c2s/c(=C\c3ccc(C)o3)c(=O)n2[C@@H]1c1ccc(OC)c(OC)c1. The van der Waals surface area contributed by atoms with Crippen LogP contribution in [-0.4, -0.2) is 31.4 Å². The van der Waals surface area contributed by atoms with E-state index in [4.69, 9.17) is 23.6 Å². The Morgan fingerprint density at radius 3 is 2.50 bits per heavy atom. The highest BCUT2D eigenvalue weighted by atomic mass is 32.1. The second-order valence-corrected chi connectivity index (χ2v) is 9.50. The van der Waals surface area contributed by atoms with Gasteiger partial charge in [0.25, 0.3) is 5.56 Å². The lowest BCUT2D eigenvalue weighted by Gasteiger charge is -2.26. The summed E-state index contributed by atoms with van der Waals surface area (Å²) in [7, 11) is 3.09. The summed E-state index contributed by atoms with van der Waals surface area (Å²) in [5, 5.41) is 0. The standard InChI is InChI=1S/C29H26N2O6S/c1-5-36-28(33)24-25(18-9-7-6-8-10-18)30-29-31(26(24)19-12-14-21(34-3)22(15-19)35-4)27(32)23(38-29)16-20-13-11-17(2)37-20/h6-16,26H,5H2,1-4H3/b23-16-/t26-/m1/s1. The highest BCUT2D eigenvalue weighted by Crippen LogP contribution is 2.38. The van der Waals surface area contributed by atoms with Crippen molar-refractivity contribution in [1.82, 2.24) is 4.57 Å². The second-order valence-electron chi connectivity index (χ2n) is 8.49. The van der Waals surface area contributed by atoms with E-state index >= 15 is 0 Å². The molecule has 0 saturated heterocycles. The zero-order valence-electron chi connectivity index (χ0n) is 21.4. The van der Waals surface area contributed by atoms with E-state index in [9.17, 15) is 9.59 Å². The van der Waals surface area contributed by atoms with Gasteiger partial charge in [0, 0.05) is 11.6 Å². The number of furan rings is 1. The number of fused-ring (bicyclic) bond motifs is 1. The number of esters is 1. The molecule has 3 heterocycles. The number of methoxy groups -OCH3 is 2. The van der Waals surface area contributed by atoms with Crippen LogP contribution in [0.5, 0.6) is 11.5 Å². The van der Waals surface area contributed by atoms with Crippen molar-refractivity contribution in [3.8, 4) is 11.5 Å². The Labute approximate surface area is 222 Å². The number of carbonyl (C=O) groups is 1. The number of benzene rings is 2. The molecule has 0 saturated carbocycles. The number of aromatic nitrogens is 1. The minimum absolute atomic E-state index is 0.172. The zero-order chi connectivity index (χ0) is 26.8. The van der Waals surface area contributed by atoms with Crippen LogP contribution in [0, 0.1) is 6.92 Å². The predicted molar refractivity (Wildman–Crippen MR) is 144 cm³/mol. The largest absolute Gasteiger partial charge is 0.493 e. The maximum atomic E-state index is 13.9. The van der Waals surface area contributed by atoms with Gasteiger partial charge in [-0.25, -0.2) is 9.79 Å². The van der Waals surface area contributed by atoms with E-state index in [2.05, 4.69) is 0 Å². The van der Waals surface area contributed by atoms with Crippen LogP contribution < -0.4 is 24.4 Å². The maximum Gasteiger partial charge on any atom is 0.338 e. The van der Waals surface area contributed by atoms with Crippen molar-refractivity contribution in [3.63, 3.8) is 0 Å². The van der Waals surface area contributed by atoms with Gasteiger partial charge in [0.05, 0.1) is 42.7 Å². The van der Waals surface area contributed by atoms with Crippen LogP contribution in [0.25, 0.3) is 11.8 Å². The van der Waals surface area contributed by atoms with Crippen LogP contribution in [0.4, 0.5) is 0 Å². The molecule has 0 radical (unpaired) electrons. The van der Waals surface area contributed by atoms with Crippen molar-refractivity contribution in [2.24, 2.45) is 4.99 Å². The number of hydrogen-bond acceptors (Lipinski definition) is 8. The first-order valence-electron chi connectivity index (χ1n) is 12.0. The molecule has 4 aromatic rings. The van der Waals surface area contributed by atoms with E-state index in [-0.39, 0.29) is 17.7 Å². The van der Waals surface area contributed by atoms with Crippen molar-refractivity contribution in [2.45, 2.75) is 19.9 Å². The van der Waals surface area contributed by atoms with Crippen molar-refractivity contribution in [2.75, 3.05) is 20.8 Å². The Morgan fingerprint density at radius 1 is 1.08 bits per heavy atom. The first kappa shape index (κ1) is 25.3. The van der Waals surface area contributed by atoms with E-state index in [0.717, 1.165) is 11.3 Å². The average molecular weight is 531 g/mol. The number of hydrogen-bond donors (Lipinski definition) is 0. The van der Waals surface area contributed by atoms with E-state index in [1.165, 1.54) is 23.0 Å². The Hall–Kier alpha value is -4.37. The summed E-state index contributed by atoms with van der Waals surface area (Å²) in [6.07, 6.45) is 1.69. The number of aryl methyl sites for hydroxylation is 1. The summed E-state index contributed by atoms with van der Waals surface area (Å²) in [5.41, 5.74) is 1.80. The molecule has 5 rings (SSSR count). The van der Waals surface area contributed by atoms with E-state index in [1.54, 1.807) is 38.3 Å². The summed E-state index contributed by atoms with van der Waals surface area (Å²) in [4.78, 5) is 32.7. The third-order valence-electron chi connectivity index (χ3n) is 6.13. The summed E-state index contributed by atoms with van der Waals surface area (Å²) >= 11 is 1.23.